The van der Waals surface area contributed by atoms with Crippen LogP contribution < -0.4 is 10.6 Å². The number of pyridine rings is 1. The summed E-state index contributed by atoms with van der Waals surface area (Å²) in [6.07, 6.45) is 3.74. The quantitative estimate of drug-likeness (QED) is 0.704. The van der Waals surface area contributed by atoms with Gasteiger partial charge in [-0.25, -0.2) is 4.79 Å². The number of carbonyl (C=O) groups excluding carboxylic acids is 2. The minimum absolute atomic E-state index is 0.196. The fourth-order valence-corrected chi connectivity index (χ4v) is 1.94. The largest absolute Gasteiger partial charge is 0.480 e. The number of carbonyl (C=O) groups is 3. The number of amides is 2. The van der Waals surface area contributed by atoms with Crippen LogP contribution in [0.3, 0.4) is 0 Å². The number of carboxylic acid groups (broad SMARTS) is 1. The zero-order chi connectivity index (χ0) is 15.4. The zero-order valence-electron chi connectivity index (χ0n) is 11.6. The van der Waals surface area contributed by atoms with Gasteiger partial charge in [0.05, 0.1) is 5.56 Å². The first kappa shape index (κ1) is 15.0. The van der Waals surface area contributed by atoms with Gasteiger partial charge >= 0.3 is 5.97 Å². The topological polar surface area (TPSA) is 108 Å². The molecule has 112 valence electrons. The second kappa shape index (κ2) is 6.34. The van der Waals surface area contributed by atoms with Gasteiger partial charge in [0.15, 0.2) is 0 Å². The van der Waals surface area contributed by atoms with Crippen LogP contribution in [0.2, 0.25) is 0 Å². The molecule has 0 spiro atoms. The number of carboxylic acids is 1. The molecule has 0 saturated heterocycles. The molecule has 1 saturated carbocycles. The number of rotatable bonds is 6. The Morgan fingerprint density at radius 1 is 1.33 bits per heavy atom. The molecule has 1 unspecified atom stereocenters. The van der Waals surface area contributed by atoms with Crippen molar-refractivity contribution in [1.29, 1.82) is 0 Å². The van der Waals surface area contributed by atoms with Gasteiger partial charge in [-0.1, -0.05) is 12.8 Å². The number of hydrogen-bond acceptors (Lipinski definition) is 4. The molecule has 0 bridgehead atoms. The average Bonchev–Trinajstić information content (AvgIpc) is 3.29. The Labute approximate surface area is 121 Å². The summed E-state index contributed by atoms with van der Waals surface area (Å²) in [4.78, 5) is 38.3. The summed E-state index contributed by atoms with van der Waals surface area (Å²) in [6, 6.07) is 1.98. The molecule has 1 heterocycles. The minimum Gasteiger partial charge on any atom is -0.480 e. The Morgan fingerprint density at radius 2 is 2.05 bits per heavy atom. The molecule has 21 heavy (non-hydrogen) atoms. The Kier molecular flexibility index (Phi) is 4.52. The molecule has 1 aliphatic carbocycles. The summed E-state index contributed by atoms with van der Waals surface area (Å²) in [5.41, 5.74) is 0.423. The molecule has 0 aromatic carbocycles. The van der Waals surface area contributed by atoms with Crippen molar-refractivity contribution in [2.24, 2.45) is 5.92 Å². The van der Waals surface area contributed by atoms with Gasteiger partial charge in [0.1, 0.15) is 11.7 Å². The van der Waals surface area contributed by atoms with E-state index >= 15 is 0 Å². The summed E-state index contributed by atoms with van der Waals surface area (Å²) in [7, 11) is 1.49. The molecule has 0 aliphatic heterocycles. The predicted molar refractivity (Wildman–Crippen MR) is 73.9 cm³/mol. The van der Waals surface area contributed by atoms with Crippen LogP contribution in [-0.4, -0.2) is 41.0 Å². The number of hydrogen-bond donors (Lipinski definition) is 3. The second-order valence-electron chi connectivity index (χ2n) is 5.05. The maximum Gasteiger partial charge on any atom is 0.326 e. The highest BCUT2D eigenvalue weighted by Gasteiger charge is 2.30. The van der Waals surface area contributed by atoms with E-state index in [0.717, 1.165) is 12.8 Å². The average molecular weight is 291 g/mol. The van der Waals surface area contributed by atoms with Crippen molar-refractivity contribution in [3.8, 4) is 0 Å². The molecule has 2 amide bonds. The monoisotopic (exact) mass is 291 g/mol. The van der Waals surface area contributed by atoms with Crippen molar-refractivity contribution in [2.45, 2.75) is 25.3 Å². The van der Waals surface area contributed by atoms with Crippen LogP contribution in [0.25, 0.3) is 0 Å². The number of aliphatic carboxylic acids is 1. The molecule has 1 fully saturated rings. The Balaban J connectivity index is 2.01. The highest BCUT2D eigenvalue weighted by Crippen LogP contribution is 2.33. The lowest BCUT2D eigenvalue weighted by Crippen LogP contribution is -2.41. The van der Waals surface area contributed by atoms with Crippen molar-refractivity contribution in [3.05, 3.63) is 29.6 Å². The van der Waals surface area contributed by atoms with Crippen LogP contribution in [-0.2, 0) is 4.79 Å². The third kappa shape index (κ3) is 4.01. The molecular formula is C14H17N3O4. The van der Waals surface area contributed by atoms with Gasteiger partial charge in [0.25, 0.3) is 11.8 Å². The molecule has 7 nitrogen and oxygen atoms in total. The van der Waals surface area contributed by atoms with Crippen LogP contribution in [0.4, 0.5) is 0 Å². The lowest BCUT2D eigenvalue weighted by Gasteiger charge is -2.14. The molecule has 1 aromatic rings. The standard InChI is InChI=1S/C14H17N3O4/c1-15-13(19)10-5-4-9(7-16-10)12(18)17-11(14(20)21)6-8-2-3-8/h4-5,7-8,11H,2-3,6H2,1H3,(H,15,19)(H,17,18)(H,20,21). The molecule has 1 aliphatic rings. The molecule has 7 heteroatoms. The minimum atomic E-state index is -1.04. The molecular weight excluding hydrogens is 274 g/mol. The highest BCUT2D eigenvalue weighted by atomic mass is 16.4. The van der Waals surface area contributed by atoms with E-state index in [9.17, 15) is 14.4 Å². The van der Waals surface area contributed by atoms with Gasteiger partial charge in [-0.2, -0.15) is 0 Å². The van der Waals surface area contributed by atoms with E-state index in [2.05, 4.69) is 15.6 Å². The third-order valence-corrected chi connectivity index (χ3v) is 3.35. The molecule has 3 N–H and O–H groups in total. The van der Waals surface area contributed by atoms with E-state index < -0.39 is 17.9 Å². The smallest absolute Gasteiger partial charge is 0.326 e. The lowest BCUT2D eigenvalue weighted by molar-refractivity contribution is -0.139. The molecule has 2 rings (SSSR count). The van der Waals surface area contributed by atoms with E-state index in [-0.39, 0.29) is 17.2 Å². The maximum atomic E-state index is 12.0. The molecule has 1 aromatic heterocycles. The molecule has 0 radical (unpaired) electrons. The summed E-state index contributed by atoms with van der Waals surface area (Å²) in [5, 5.41) is 14.0. The normalized spacial score (nSPS) is 15.1. The third-order valence-electron chi connectivity index (χ3n) is 3.35. The Hall–Kier alpha value is -2.44. The van der Waals surface area contributed by atoms with Gasteiger partial charge in [-0.3, -0.25) is 14.6 Å². The van der Waals surface area contributed by atoms with Crippen molar-refractivity contribution in [1.82, 2.24) is 15.6 Å². The Morgan fingerprint density at radius 3 is 2.52 bits per heavy atom. The van der Waals surface area contributed by atoms with Gasteiger partial charge in [-0.15, -0.1) is 0 Å². The second-order valence-corrected chi connectivity index (χ2v) is 5.05. The van der Waals surface area contributed by atoms with E-state index in [1.165, 1.54) is 25.4 Å². The SMILES string of the molecule is CNC(=O)c1ccc(C(=O)NC(CC2CC2)C(=O)O)cn1. The van der Waals surface area contributed by atoms with Gasteiger partial charge in [0.2, 0.25) is 0 Å². The first-order valence-corrected chi connectivity index (χ1v) is 6.73. The van der Waals surface area contributed by atoms with Crippen molar-refractivity contribution in [3.63, 3.8) is 0 Å². The number of nitrogens with one attached hydrogen (secondary N) is 2. The van der Waals surface area contributed by atoms with Gasteiger partial charge in [0, 0.05) is 13.2 Å². The van der Waals surface area contributed by atoms with Crippen LogP contribution in [0, 0.1) is 5.92 Å². The van der Waals surface area contributed by atoms with Crippen molar-refractivity contribution >= 4 is 17.8 Å². The first-order chi connectivity index (χ1) is 10.0. The number of aromatic nitrogens is 1. The van der Waals surface area contributed by atoms with Crippen LogP contribution >= 0.6 is 0 Å². The lowest BCUT2D eigenvalue weighted by atomic mass is 10.1. The van der Waals surface area contributed by atoms with E-state index in [0.29, 0.717) is 12.3 Å². The van der Waals surface area contributed by atoms with Crippen LogP contribution in [0.1, 0.15) is 40.1 Å². The summed E-state index contributed by atoms with van der Waals surface area (Å²) >= 11 is 0. The van der Waals surface area contributed by atoms with Crippen LogP contribution in [0.5, 0.6) is 0 Å². The highest BCUT2D eigenvalue weighted by molar-refractivity contribution is 5.97. The van der Waals surface area contributed by atoms with E-state index in [1.54, 1.807) is 0 Å². The van der Waals surface area contributed by atoms with E-state index in [1.807, 2.05) is 0 Å². The maximum absolute atomic E-state index is 12.0. The fourth-order valence-electron chi connectivity index (χ4n) is 1.94. The summed E-state index contributed by atoms with van der Waals surface area (Å²) in [5.74, 6) is -1.50. The zero-order valence-corrected chi connectivity index (χ0v) is 11.6. The fraction of sp³-hybridized carbons (Fsp3) is 0.429. The Bertz CT molecular complexity index is 552. The van der Waals surface area contributed by atoms with E-state index in [4.69, 9.17) is 5.11 Å². The van der Waals surface area contributed by atoms with Crippen LogP contribution in [0.15, 0.2) is 18.3 Å². The van der Waals surface area contributed by atoms with Gasteiger partial charge < -0.3 is 15.7 Å². The first-order valence-electron chi connectivity index (χ1n) is 6.73. The summed E-state index contributed by atoms with van der Waals surface area (Å²) in [6.45, 7) is 0. The summed E-state index contributed by atoms with van der Waals surface area (Å²) < 4.78 is 0. The predicted octanol–water partition coefficient (Wildman–Crippen LogP) is 0.424. The van der Waals surface area contributed by atoms with Crippen molar-refractivity contribution < 1.29 is 19.5 Å². The van der Waals surface area contributed by atoms with Gasteiger partial charge in [-0.05, 0) is 24.5 Å². The molecule has 1 atom stereocenters. The number of nitrogens with zero attached hydrogens (tertiary/aromatic N) is 1. The van der Waals surface area contributed by atoms with Crippen molar-refractivity contribution in [2.75, 3.05) is 7.05 Å².